The van der Waals surface area contributed by atoms with Gasteiger partial charge in [0.25, 0.3) is 5.91 Å². The van der Waals surface area contributed by atoms with Gasteiger partial charge in [0.1, 0.15) is 0 Å². The Kier molecular flexibility index (Phi) is 5.60. The Morgan fingerprint density at radius 3 is 2.90 bits per heavy atom. The number of fused-ring (bicyclic) bond motifs is 1. The predicted octanol–water partition coefficient (Wildman–Crippen LogP) is 2.85. The lowest BCUT2D eigenvalue weighted by Crippen LogP contribution is -2.38. The van der Waals surface area contributed by atoms with Crippen molar-refractivity contribution in [2.45, 2.75) is 45.6 Å². The summed E-state index contributed by atoms with van der Waals surface area (Å²) in [5, 5.41) is 3.43. The third kappa shape index (κ3) is 3.83. The van der Waals surface area contributed by atoms with Crippen molar-refractivity contribution in [3.63, 3.8) is 0 Å². The van der Waals surface area contributed by atoms with E-state index in [2.05, 4.69) is 25.2 Å². The number of benzene rings is 1. The number of unbranched alkanes of at least 4 members (excludes halogenated alkanes) is 1. The summed E-state index contributed by atoms with van der Waals surface area (Å²) >= 11 is 0. The van der Waals surface area contributed by atoms with Gasteiger partial charge in [-0.05, 0) is 44.4 Å². The van der Waals surface area contributed by atoms with E-state index in [1.807, 2.05) is 23.1 Å². The summed E-state index contributed by atoms with van der Waals surface area (Å²) in [5.41, 5.74) is 2.11. The van der Waals surface area contributed by atoms with Crippen molar-refractivity contribution in [3.8, 4) is 0 Å². The first-order chi connectivity index (χ1) is 9.72. The minimum absolute atomic E-state index is 0.214. The first kappa shape index (κ1) is 15.0. The number of hydrogen-bond acceptors (Lipinski definition) is 2. The monoisotopic (exact) mass is 274 g/mol. The van der Waals surface area contributed by atoms with E-state index in [4.69, 9.17) is 0 Å². The average molecular weight is 274 g/mol. The van der Waals surface area contributed by atoms with Gasteiger partial charge in [-0.25, -0.2) is 0 Å². The molecule has 0 aromatic heterocycles. The molecular formula is C17H26N2O. The molecule has 1 atom stereocenters. The number of rotatable bonds is 7. The molecule has 1 aliphatic rings. The van der Waals surface area contributed by atoms with Crippen LogP contribution < -0.4 is 5.32 Å². The summed E-state index contributed by atoms with van der Waals surface area (Å²) in [4.78, 5) is 14.4. The van der Waals surface area contributed by atoms with Crippen molar-refractivity contribution in [1.29, 1.82) is 0 Å². The molecule has 0 spiro atoms. The molecule has 1 N–H and O–H groups in total. The van der Waals surface area contributed by atoms with Crippen molar-refractivity contribution < 1.29 is 4.79 Å². The van der Waals surface area contributed by atoms with E-state index in [0.29, 0.717) is 6.04 Å². The molecule has 1 heterocycles. The number of carbonyl (C=O) groups excluding carboxylic acids is 1. The second kappa shape index (κ2) is 7.44. The highest BCUT2D eigenvalue weighted by molar-refractivity contribution is 5.96. The van der Waals surface area contributed by atoms with Gasteiger partial charge in [0, 0.05) is 24.7 Å². The maximum absolute atomic E-state index is 12.4. The molecule has 110 valence electrons. The van der Waals surface area contributed by atoms with Crippen LogP contribution in [-0.2, 0) is 6.42 Å². The van der Waals surface area contributed by atoms with Gasteiger partial charge in [0.2, 0.25) is 0 Å². The maximum Gasteiger partial charge on any atom is 0.254 e. The molecule has 3 heteroatoms. The summed E-state index contributed by atoms with van der Waals surface area (Å²) in [6.07, 6.45) is 4.46. The van der Waals surface area contributed by atoms with E-state index in [0.717, 1.165) is 38.0 Å². The molecule has 3 nitrogen and oxygen atoms in total. The highest BCUT2D eigenvalue weighted by atomic mass is 16.2. The normalized spacial score (nSPS) is 16.1. The van der Waals surface area contributed by atoms with Gasteiger partial charge < -0.3 is 10.2 Å². The summed E-state index contributed by atoms with van der Waals surface area (Å²) < 4.78 is 0. The molecule has 1 unspecified atom stereocenters. The van der Waals surface area contributed by atoms with E-state index in [-0.39, 0.29) is 5.91 Å². The Balaban J connectivity index is 1.77. The van der Waals surface area contributed by atoms with Gasteiger partial charge in [0.15, 0.2) is 0 Å². The third-order valence-corrected chi connectivity index (χ3v) is 4.05. The van der Waals surface area contributed by atoms with Crippen LogP contribution in [0.3, 0.4) is 0 Å². The Hall–Kier alpha value is -1.35. The molecule has 0 bridgehead atoms. The lowest BCUT2D eigenvalue weighted by atomic mass is 9.99. The first-order valence-corrected chi connectivity index (χ1v) is 7.83. The van der Waals surface area contributed by atoms with Gasteiger partial charge in [-0.1, -0.05) is 31.5 Å². The lowest BCUT2D eigenvalue weighted by molar-refractivity contribution is 0.0736. The molecule has 1 amide bonds. The van der Waals surface area contributed by atoms with Gasteiger partial charge >= 0.3 is 0 Å². The van der Waals surface area contributed by atoms with Crippen LogP contribution in [-0.4, -0.2) is 36.5 Å². The molecule has 0 fully saturated rings. The average Bonchev–Trinajstić information content (AvgIpc) is 2.46. The minimum Gasteiger partial charge on any atom is -0.338 e. The van der Waals surface area contributed by atoms with E-state index < -0.39 is 0 Å². The zero-order valence-electron chi connectivity index (χ0n) is 12.7. The quantitative estimate of drug-likeness (QED) is 0.775. The van der Waals surface area contributed by atoms with Crippen molar-refractivity contribution >= 4 is 5.91 Å². The van der Waals surface area contributed by atoms with Gasteiger partial charge in [-0.3, -0.25) is 4.79 Å². The summed E-state index contributed by atoms with van der Waals surface area (Å²) in [6.45, 7) is 7.17. The second-order valence-electron chi connectivity index (χ2n) is 5.65. The molecule has 2 rings (SSSR count). The fourth-order valence-electron chi connectivity index (χ4n) is 2.89. The van der Waals surface area contributed by atoms with Crippen LogP contribution in [0.4, 0.5) is 0 Å². The topological polar surface area (TPSA) is 32.3 Å². The number of nitrogens with one attached hydrogen (secondary N) is 1. The summed E-state index contributed by atoms with van der Waals surface area (Å²) in [6, 6.07) is 8.58. The minimum atomic E-state index is 0.214. The Labute approximate surface area is 122 Å². The SMILES string of the molecule is CCNC(C)CCCCN1CCc2ccccc2C1=O. The maximum atomic E-state index is 12.4. The van der Waals surface area contributed by atoms with Gasteiger partial charge in [-0.2, -0.15) is 0 Å². The number of nitrogens with zero attached hydrogens (tertiary/aromatic N) is 1. The van der Waals surface area contributed by atoms with Crippen LogP contribution >= 0.6 is 0 Å². The van der Waals surface area contributed by atoms with Crippen LogP contribution in [0.1, 0.15) is 49.0 Å². The van der Waals surface area contributed by atoms with Crippen LogP contribution in [0.2, 0.25) is 0 Å². The van der Waals surface area contributed by atoms with Crippen molar-refractivity contribution in [2.24, 2.45) is 0 Å². The van der Waals surface area contributed by atoms with Crippen LogP contribution in [0.25, 0.3) is 0 Å². The lowest BCUT2D eigenvalue weighted by Gasteiger charge is -2.28. The van der Waals surface area contributed by atoms with Crippen LogP contribution in [0.5, 0.6) is 0 Å². The standard InChI is InChI=1S/C17H26N2O/c1-3-18-14(2)8-6-7-12-19-13-11-15-9-4-5-10-16(15)17(19)20/h4-5,9-10,14,18H,3,6-8,11-13H2,1-2H3. The predicted molar refractivity (Wildman–Crippen MR) is 83.0 cm³/mol. The molecule has 1 aromatic carbocycles. The smallest absolute Gasteiger partial charge is 0.254 e. The molecule has 20 heavy (non-hydrogen) atoms. The van der Waals surface area contributed by atoms with Crippen LogP contribution in [0, 0.1) is 0 Å². The molecule has 0 saturated heterocycles. The molecule has 0 radical (unpaired) electrons. The number of hydrogen-bond donors (Lipinski definition) is 1. The Morgan fingerprint density at radius 1 is 1.30 bits per heavy atom. The number of amides is 1. The van der Waals surface area contributed by atoms with E-state index in [1.54, 1.807) is 0 Å². The van der Waals surface area contributed by atoms with Crippen LogP contribution in [0.15, 0.2) is 24.3 Å². The summed E-state index contributed by atoms with van der Waals surface area (Å²) in [5.74, 6) is 0.214. The van der Waals surface area contributed by atoms with E-state index in [1.165, 1.54) is 18.4 Å². The fraction of sp³-hybridized carbons (Fsp3) is 0.588. The molecular weight excluding hydrogens is 248 g/mol. The molecule has 1 aromatic rings. The fourth-order valence-corrected chi connectivity index (χ4v) is 2.89. The highest BCUT2D eigenvalue weighted by Gasteiger charge is 2.22. The van der Waals surface area contributed by atoms with Gasteiger partial charge in [0.05, 0.1) is 0 Å². The van der Waals surface area contributed by atoms with E-state index in [9.17, 15) is 4.79 Å². The Morgan fingerprint density at radius 2 is 2.10 bits per heavy atom. The van der Waals surface area contributed by atoms with Crippen molar-refractivity contribution in [1.82, 2.24) is 10.2 Å². The van der Waals surface area contributed by atoms with Gasteiger partial charge in [-0.15, -0.1) is 0 Å². The first-order valence-electron chi connectivity index (χ1n) is 7.83. The van der Waals surface area contributed by atoms with E-state index >= 15 is 0 Å². The zero-order chi connectivity index (χ0) is 14.4. The third-order valence-electron chi connectivity index (χ3n) is 4.05. The molecule has 0 aliphatic carbocycles. The molecule has 1 aliphatic heterocycles. The Bertz CT molecular complexity index is 444. The highest BCUT2D eigenvalue weighted by Crippen LogP contribution is 2.19. The van der Waals surface area contributed by atoms with Crippen molar-refractivity contribution in [2.75, 3.05) is 19.6 Å². The largest absolute Gasteiger partial charge is 0.338 e. The summed E-state index contributed by atoms with van der Waals surface area (Å²) in [7, 11) is 0. The van der Waals surface area contributed by atoms with Crippen molar-refractivity contribution in [3.05, 3.63) is 35.4 Å². The zero-order valence-corrected chi connectivity index (χ0v) is 12.7. The number of carbonyl (C=O) groups is 1. The molecule has 0 saturated carbocycles. The second-order valence-corrected chi connectivity index (χ2v) is 5.65.